The molecule has 112 valence electrons. The van der Waals surface area contributed by atoms with E-state index in [4.69, 9.17) is 0 Å². The van der Waals surface area contributed by atoms with Gasteiger partial charge in [0.2, 0.25) is 0 Å². The molecule has 3 aromatic rings. The van der Waals surface area contributed by atoms with E-state index in [2.05, 4.69) is 0 Å². The Labute approximate surface area is 125 Å². The summed E-state index contributed by atoms with van der Waals surface area (Å²) in [6.45, 7) is 1.92. The van der Waals surface area contributed by atoms with Gasteiger partial charge in [-0.3, -0.25) is 0 Å². The molecule has 0 spiro atoms. The van der Waals surface area contributed by atoms with Crippen molar-refractivity contribution in [2.75, 3.05) is 0 Å². The fraction of sp³-hybridized carbons (Fsp3) is 0.111. The van der Waals surface area contributed by atoms with Crippen molar-refractivity contribution < 1.29 is 18.3 Å². The van der Waals surface area contributed by atoms with Crippen LogP contribution in [0.25, 0.3) is 21.9 Å². The molecule has 0 atom stereocenters. The molecular weight excluding hydrogens is 289 g/mol. The Kier molecular flexibility index (Phi) is 3.53. The van der Waals surface area contributed by atoms with Gasteiger partial charge in [-0.1, -0.05) is 25.1 Å². The molecule has 3 rings (SSSR count). The van der Waals surface area contributed by atoms with Gasteiger partial charge in [-0.05, 0) is 47.2 Å². The van der Waals surface area contributed by atoms with Crippen LogP contribution in [0.4, 0.5) is 13.2 Å². The normalized spacial score (nSPS) is 11.1. The summed E-state index contributed by atoms with van der Waals surface area (Å²) in [7, 11) is 0. The fourth-order valence-electron chi connectivity index (χ4n) is 2.53. The molecule has 22 heavy (non-hydrogen) atoms. The number of fused-ring (bicyclic) bond motifs is 1. The van der Waals surface area contributed by atoms with Crippen molar-refractivity contribution >= 4 is 10.8 Å². The Bertz CT molecular complexity index is 872. The quantitative estimate of drug-likeness (QED) is 0.690. The maximum absolute atomic E-state index is 14.2. The Balaban J connectivity index is 2.23. The number of phenols is 1. The lowest BCUT2D eigenvalue weighted by Gasteiger charge is -2.09. The molecule has 0 saturated heterocycles. The van der Waals surface area contributed by atoms with Crippen LogP contribution in [0.1, 0.15) is 12.5 Å². The third kappa shape index (κ3) is 2.30. The number of phenolic OH excluding ortho intramolecular Hbond substituents is 1. The second-order valence-corrected chi connectivity index (χ2v) is 5.12. The van der Waals surface area contributed by atoms with E-state index in [-0.39, 0.29) is 16.3 Å². The molecule has 0 saturated carbocycles. The molecule has 0 fully saturated rings. The van der Waals surface area contributed by atoms with Crippen LogP contribution >= 0.6 is 0 Å². The largest absolute Gasteiger partial charge is 0.505 e. The molecule has 0 aliphatic heterocycles. The van der Waals surface area contributed by atoms with E-state index in [1.165, 1.54) is 18.2 Å². The van der Waals surface area contributed by atoms with Crippen molar-refractivity contribution in [3.05, 3.63) is 65.5 Å². The third-order valence-electron chi connectivity index (χ3n) is 3.74. The molecule has 0 heterocycles. The van der Waals surface area contributed by atoms with Gasteiger partial charge in [0.15, 0.2) is 11.6 Å². The van der Waals surface area contributed by atoms with Gasteiger partial charge >= 0.3 is 0 Å². The lowest BCUT2D eigenvalue weighted by Crippen LogP contribution is -1.92. The zero-order chi connectivity index (χ0) is 15.9. The Hall–Kier alpha value is -2.49. The molecule has 0 aliphatic carbocycles. The van der Waals surface area contributed by atoms with Crippen LogP contribution in [0.5, 0.6) is 5.75 Å². The zero-order valence-electron chi connectivity index (χ0n) is 11.8. The number of halogens is 3. The van der Waals surface area contributed by atoms with Crippen molar-refractivity contribution in [1.29, 1.82) is 0 Å². The highest BCUT2D eigenvalue weighted by Crippen LogP contribution is 2.33. The molecule has 0 bridgehead atoms. The second-order valence-electron chi connectivity index (χ2n) is 5.12. The smallest absolute Gasteiger partial charge is 0.175 e. The first-order chi connectivity index (χ1) is 10.5. The molecule has 1 nitrogen and oxygen atoms in total. The Morgan fingerprint density at radius 1 is 0.909 bits per heavy atom. The second kappa shape index (κ2) is 5.37. The predicted molar refractivity (Wildman–Crippen MR) is 80.3 cm³/mol. The number of rotatable bonds is 2. The minimum atomic E-state index is -1.01. The molecule has 0 unspecified atom stereocenters. The maximum Gasteiger partial charge on any atom is 0.175 e. The van der Waals surface area contributed by atoms with E-state index < -0.39 is 23.2 Å². The highest BCUT2D eigenvalue weighted by atomic mass is 19.1. The summed E-state index contributed by atoms with van der Waals surface area (Å²) in [4.78, 5) is 0. The van der Waals surface area contributed by atoms with Gasteiger partial charge in [0.1, 0.15) is 11.6 Å². The van der Waals surface area contributed by atoms with Gasteiger partial charge < -0.3 is 5.11 Å². The monoisotopic (exact) mass is 302 g/mol. The molecule has 4 heteroatoms. The standard InChI is InChI=1S/C18H13F3O/c1-2-10-3-5-13(14(19)7-10)12-8-11-4-6-16(22)18(21)17(11)15(20)9-12/h3-9,22H,2H2,1H3. The van der Waals surface area contributed by atoms with Crippen molar-refractivity contribution in [3.8, 4) is 16.9 Å². The van der Waals surface area contributed by atoms with Crippen LogP contribution < -0.4 is 0 Å². The summed E-state index contributed by atoms with van der Waals surface area (Å²) in [6, 6.07) is 9.91. The van der Waals surface area contributed by atoms with Crippen molar-refractivity contribution in [2.24, 2.45) is 0 Å². The lowest BCUT2D eigenvalue weighted by atomic mass is 9.98. The number of aromatic hydroxyl groups is 1. The summed E-state index contributed by atoms with van der Waals surface area (Å²) in [6.07, 6.45) is 0.702. The number of hydrogen-bond acceptors (Lipinski definition) is 1. The highest BCUT2D eigenvalue weighted by Gasteiger charge is 2.14. The first-order valence-corrected chi connectivity index (χ1v) is 6.90. The molecular formula is C18H13F3O. The lowest BCUT2D eigenvalue weighted by molar-refractivity contribution is 0.435. The molecule has 0 aliphatic rings. The fourth-order valence-corrected chi connectivity index (χ4v) is 2.53. The number of benzene rings is 3. The van der Waals surface area contributed by atoms with Crippen molar-refractivity contribution in [3.63, 3.8) is 0 Å². The molecule has 0 aromatic heterocycles. The van der Waals surface area contributed by atoms with Crippen LogP contribution in [0.3, 0.4) is 0 Å². The van der Waals surface area contributed by atoms with Gasteiger partial charge in [-0.2, -0.15) is 0 Å². The van der Waals surface area contributed by atoms with Crippen LogP contribution in [0.2, 0.25) is 0 Å². The van der Waals surface area contributed by atoms with Gasteiger partial charge in [0, 0.05) is 5.56 Å². The molecule has 0 radical (unpaired) electrons. The Morgan fingerprint density at radius 3 is 2.36 bits per heavy atom. The first kappa shape index (κ1) is 14.4. The van der Waals surface area contributed by atoms with Gasteiger partial charge in [0.05, 0.1) is 5.39 Å². The van der Waals surface area contributed by atoms with Crippen molar-refractivity contribution in [1.82, 2.24) is 0 Å². The average Bonchev–Trinajstić information content (AvgIpc) is 2.50. The average molecular weight is 302 g/mol. The SMILES string of the molecule is CCc1ccc(-c2cc(F)c3c(F)c(O)ccc3c2)c(F)c1. The van der Waals surface area contributed by atoms with Crippen LogP contribution in [-0.4, -0.2) is 5.11 Å². The van der Waals surface area contributed by atoms with E-state index in [1.54, 1.807) is 12.1 Å². The van der Waals surface area contributed by atoms with Crippen LogP contribution in [0, 0.1) is 17.5 Å². The maximum atomic E-state index is 14.2. The van der Waals surface area contributed by atoms with E-state index >= 15 is 0 Å². The summed E-state index contributed by atoms with van der Waals surface area (Å²) >= 11 is 0. The first-order valence-electron chi connectivity index (χ1n) is 6.90. The van der Waals surface area contributed by atoms with E-state index in [1.807, 2.05) is 6.92 Å². The number of aryl methyl sites for hydroxylation is 1. The predicted octanol–water partition coefficient (Wildman–Crippen LogP) is 5.19. The zero-order valence-corrected chi connectivity index (χ0v) is 11.8. The van der Waals surface area contributed by atoms with Gasteiger partial charge in [-0.15, -0.1) is 0 Å². The number of hydrogen-bond donors (Lipinski definition) is 1. The molecule has 0 amide bonds. The van der Waals surface area contributed by atoms with Crippen LogP contribution in [0.15, 0.2) is 42.5 Å². The third-order valence-corrected chi connectivity index (χ3v) is 3.74. The minimum Gasteiger partial charge on any atom is -0.505 e. The Morgan fingerprint density at radius 2 is 1.68 bits per heavy atom. The summed E-state index contributed by atoms with van der Waals surface area (Å²) in [5, 5.41) is 9.30. The van der Waals surface area contributed by atoms with Crippen molar-refractivity contribution in [2.45, 2.75) is 13.3 Å². The summed E-state index contributed by atoms with van der Waals surface area (Å²) < 4.78 is 42.1. The van der Waals surface area contributed by atoms with E-state index in [0.29, 0.717) is 12.0 Å². The van der Waals surface area contributed by atoms with E-state index in [0.717, 1.165) is 17.7 Å². The van der Waals surface area contributed by atoms with Gasteiger partial charge in [-0.25, -0.2) is 13.2 Å². The molecule has 1 N–H and O–H groups in total. The highest BCUT2D eigenvalue weighted by molar-refractivity contribution is 5.89. The summed E-state index contributed by atoms with van der Waals surface area (Å²) in [5.41, 5.74) is 1.43. The molecule has 3 aromatic carbocycles. The topological polar surface area (TPSA) is 20.2 Å². The van der Waals surface area contributed by atoms with Crippen LogP contribution in [-0.2, 0) is 6.42 Å². The minimum absolute atomic E-state index is 0.256. The van der Waals surface area contributed by atoms with Gasteiger partial charge in [0.25, 0.3) is 0 Å². The van der Waals surface area contributed by atoms with E-state index in [9.17, 15) is 18.3 Å². The summed E-state index contributed by atoms with van der Waals surface area (Å²) in [5.74, 6) is -2.90.